The Morgan fingerprint density at radius 3 is 2.67 bits per heavy atom. The summed E-state index contributed by atoms with van der Waals surface area (Å²) in [6, 6.07) is 0. The van der Waals surface area contributed by atoms with Crippen LogP contribution in [0, 0.1) is 5.41 Å². The fourth-order valence-corrected chi connectivity index (χ4v) is 1.30. The van der Waals surface area contributed by atoms with E-state index in [2.05, 4.69) is 11.5 Å². The molecule has 0 spiro atoms. The van der Waals surface area contributed by atoms with Crippen molar-refractivity contribution in [2.75, 3.05) is 7.11 Å². The van der Waals surface area contributed by atoms with Crippen LogP contribution in [0.4, 0.5) is 0 Å². The number of rotatable bonds is 6. The zero-order valence-corrected chi connectivity index (χ0v) is 11.4. The molecule has 0 N–H and O–H groups in total. The summed E-state index contributed by atoms with van der Waals surface area (Å²) in [6.07, 6.45) is 6.19. The molecule has 0 saturated carbocycles. The van der Waals surface area contributed by atoms with Crippen LogP contribution in [0.1, 0.15) is 33.6 Å². The summed E-state index contributed by atoms with van der Waals surface area (Å²) < 4.78 is 10.6. The van der Waals surface area contributed by atoms with E-state index >= 15 is 0 Å². The van der Waals surface area contributed by atoms with Gasteiger partial charge < -0.3 is 9.47 Å². The average Bonchev–Trinajstić information content (AvgIpc) is 2.38. The summed E-state index contributed by atoms with van der Waals surface area (Å²) in [5.74, 6) is -0.233. The zero-order valence-electron chi connectivity index (χ0n) is 11.4. The van der Waals surface area contributed by atoms with Crippen LogP contribution in [0.15, 0.2) is 35.3 Å². The van der Waals surface area contributed by atoms with Crippen molar-refractivity contribution in [3.8, 4) is 0 Å². The van der Waals surface area contributed by atoms with Crippen molar-refractivity contribution in [2.45, 2.75) is 39.9 Å². The molecular formula is C15H20O3. The highest BCUT2D eigenvalue weighted by molar-refractivity contribution is 5.75. The van der Waals surface area contributed by atoms with Crippen LogP contribution in [0.5, 0.6) is 0 Å². The molecule has 1 atom stereocenters. The first kappa shape index (κ1) is 14.5. The molecule has 98 valence electrons. The van der Waals surface area contributed by atoms with E-state index in [-0.39, 0.29) is 5.97 Å². The molecular weight excluding hydrogens is 228 g/mol. The van der Waals surface area contributed by atoms with E-state index in [1.54, 1.807) is 6.08 Å². The maximum Gasteiger partial charge on any atom is 0.313 e. The third kappa shape index (κ3) is 4.05. The Kier molecular flexibility index (Phi) is 5.18. The second-order valence-electron chi connectivity index (χ2n) is 4.85. The number of allylic oxidation sites excluding steroid dienone is 3. The van der Waals surface area contributed by atoms with E-state index in [0.717, 1.165) is 12.0 Å². The molecule has 0 fully saturated rings. The average molecular weight is 248 g/mol. The number of hydrogen-bond donors (Lipinski definition) is 0. The summed E-state index contributed by atoms with van der Waals surface area (Å²) in [7, 11) is 1.54. The minimum absolute atomic E-state index is 0.233. The van der Waals surface area contributed by atoms with Gasteiger partial charge in [-0.25, -0.2) is 0 Å². The molecule has 1 rings (SSSR count). The molecule has 1 aliphatic carbocycles. The SMILES string of the molecule is CCC(C)(C)C(=O)OC(CC1=CC=C=C=C1)OC. The molecule has 0 aromatic rings. The Labute approximate surface area is 108 Å². The summed E-state index contributed by atoms with van der Waals surface area (Å²) in [4.78, 5) is 11.9. The molecule has 18 heavy (non-hydrogen) atoms. The predicted octanol–water partition coefficient (Wildman–Crippen LogP) is 3.13. The molecule has 0 aromatic heterocycles. The van der Waals surface area contributed by atoms with Gasteiger partial charge in [0.1, 0.15) is 0 Å². The Balaban J connectivity index is 2.58. The molecule has 0 radical (unpaired) electrons. The van der Waals surface area contributed by atoms with Crippen molar-refractivity contribution in [1.29, 1.82) is 0 Å². The topological polar surface area (TPSA) is 35.5 Å². The Morgan fingerprint density at radius 2 is 2.17 bits per heavy atom. The summed E-state index contributed by atoms with van der Waals surface area (Å²) in [6.45, 7) is 5.70. The van der Waals surface area contributed by atoms with Gasteiger partial charge in [-0.3, -0.25) is 4.79 Å². The molecule has 0 aliphatic heterocycles. The van der Waals surface area contributed by atoms with Gasteiger partial charge >= 0.3 is 5.97 Å². The number of hydrogen-bond acceptors (Lipinski definition) is 3. The first-order valence-electron chi connectivity index (χ1n) is 6.10. The number of ether oxygens (including phenoxy) is 2. The fraction of sp³-hybridized carbons (Fsp3) is 0.533. The van der Waals surface area contributed by atoms with Gasteiger partial charge in [-0.1, -0.05) is 18.4 Å². The van der Waals surface area contributed by atoms with E-state index in [1.165, 1.54) is 7.11 Å². The molecule has 1 unspecified atom stereocenters. The lowest BCUT2D eigenvalue weighted by Gasteiger charge is -2.24. The van der Waals surface area contributed by atoms with E-state index in [1.807, 2.05) is 32.9 Å². The first-order chi connectivity index (χ1) is 8.49. The highest BCUT2D eigenvalue weighted by Crippen LogP contribution is 2.23. The standard InChI is InChI=1S/C15H20O3/c1-5-15(2,3)14(16)18-13(17-4)11-12-9-7-6-8-10-12/h7,9-10,13H,5,11H2,1-4H3. The van der Waals surface area contributed by atoms with Gasteiger partial charge in [0.15, 0.2) is 0 Å². The molecule has 1 aliphatic rings. The third-order valence-corrected chi connectivity index (χ3v) is 3.06. The first-order valence-corrected chi connectivity index (χ1v) is 6.10. The minimum atomic E-state index is -0.556. The van der Waals surface area contributed by atoms with Crippen molar-refractivity contribution >= 4 is 5.97 Å². The van der Waals surface area contributed by atoms with Crippen molar-refractivity contribution in [3.05, 3.63) is 35.3 Å². The highest BCUT2D eigenvalue weighted by Gasteiger charge is 2.29. The van der Waals surface area contributed by atoms with Crippen molar-refractivity contribution in [1.82, 2.24) is 0 Å². The van der Waals surface area contributed by atoms with Gasteiger partial charge in [0.25, 0.3) is 0 Å². The van der Waals surface area contributed by atoms with Crippen LogP contribution in [0.2, 0.25) is 0 Å². The fourth-order valence-electron chi connectivity index (χ4n) is 1.30. The number of carbonyl (C=O) groups is 1. The lowest BCUT2D eigenvalue weighted by molar-refractivity contribution is -0.183. The predicted molar refractivity (Wildman–Crippen MR) is 69.8 cm³/mol. The van der Waals surface area contributed by atoms with Gasteiger partial charge in [-0.2, -0.15) is 0 Å². The third-order valence-electron chi connectivity index (χ3n) is 3.06. The lowest BCUT2D eigenvalue weighted by Crippen LogP contribution is -2.31. The summed E-state index contributed by atoms with van der Waals surface area (Å²) in [5, 5.41) is 0. The largest absolute Gasteiger partial charge is 0.435 e. The summed E-state index contributed by atoms with van der Waals surface area (Å²) >= 11 is 0. The van der Waals surface area contributed by atoms with Crippen LogP contribution >= 0.6 is 0 Å². The monoisotopic (exact) mass is 248 g/mol. The molecule has 0 saturated heterocycles. The minimum Gasteiger partial charge on any atom is -0.435 e. The molecule has 3 heteroatoms. The second-order valence-corrected chi connectivity index (χ2v) is 4.85. The van der Waals surface area contributed by atoms with Gasteiger partial charge in [0.05, 0.1) is 5.41 Å². The van der Waals surface area contributed by atoms with Gasteiger partial charge in [-0.05, 0) is 44.1 Å². The van der Waals surface area contributed by atoms with Crippen LogP contribution < -0.4 is 0 Å². The quantitative estimate of drug-likeness (QED) is 0.411. The Morgan fingerprint density at radius 1 is 1.44 bits per heavy atom. The summed E-state index contributed by atoms with van der Waals surface area (Å²) in [5.41, 5.74) is 6.21. The molecule has 0 amide bonds. The van der Waals surface area contributed by atoms with E-state index < -0.39 is 11.7 Å². The van der Waals surface area contributed by atoms with Gasteiger partial charge in [0, 0.05) is 13.5 Å². The Hall–Kier alpha value is -1.53. The van der Waals surface area contributed by atoms with Crippen molar-refractivity contribution in [3.63, 3.8) is 0 Å². The van der Waals surface area contributed by atoms with Crippen LogP contribution in [-0.4, -0.2) is 19.4 Å². The zero-order chi connectivity index (χ0) is 13.6. The highest BCUT2D eigenvalue weighted by atomic mass is 16.7. The maximum absolute atomic E-state index is 11.9. The van der Waals surface area contributed by atoms with Crippen LogP contribution in [0.3, 0.4) is 0 Å². The normalized spacial score (nSPS) is 15.4. The van der Waals surface area contributed by atoms with Crippen LogP contribution in [0.25, 0.3) is 0 Å². The van der Waals surface area contributed by atoms with Crippen molar-refractivity contribution < 1.29 is 14.3 Å². The van der Waals surface area contributed by atoms with Gasteiger partial charge in [0.2, 0.25) is 6.29 Å². The van der Waals surface area contributed by atoms with E-state index in [0.29, 0.717) is 6.42 Å². The molecule has 0 bridgehead atoms. The lowest BCUT2D eigenvalue weighted by atomic mass is 9.91. The number of carbonyl (C=O) groups excluding carboxylic acids is 1. The molecule has 3 nitrogen and oxygen atoms in total. The van der Waals surface area contributed by atoms with Crippen molar-refractivity contribution in [2.24, 2.45) is 5.41 Å². The van der Waals surface area contributed by atoms with E-state index in [4.69, 9.17) is 9.47 Å². The molecule has 0 heterocycles. The maximum atomic E-state index is 11.9. The van der Waals surface area contributed by atoms with Crippen LogP contribution in [-0.2, 0) is 14.3 Å². The smallest absolute Gasteiger partial charge is 0.313 e. The van der Waals surface area contributed by atoms with Gasteiger partial charge in [-0.15, -0.1) is 0 Å². The Bertz CT molecular complexity index is 431. The molecule has 0 aromatic carbocycles. The second kappa shape index (κ2) is 6.42. The number of esters is 1. The number of methoxy groups -OCH3 is 1. The van der Waals surface area contributed by atoms with E-state index in [9.17, 15) is 4.79 Å².